The third kappa shape index (κ3) is 4.55. The number of ether oxygens (including phenoxy) is 1. The number of hydrogen-bond donors (Lipinski definition) is 3. The van der Waals surface area contributed by atoms with Crippen molar-refractivity contribution in [2.75, 3.05) is 38.7 Å². The van der Waals surface area contributed by atoms with Gasteiger partial charge in [-0.15, -0.1) is 11.3 Å². The highest BCUT2D eigenvalue weighted by molar-refractivity contribution is 7.20. The van der Waals surface area contributed by atoms with Crippen LogP contribution >= 0.6 is 11.3 Å². The summed E-state index contributed by atoms with van der Waals surface area (Å²) in [6.07, 6.45) is 1.46. The van der Waals surface area contributed by atoms with Crippen molar-refractivity contribution in [1.29, 1.82) is 0 Å². The molecule has 10 nitrogen and oxygen atoms in total. The lowest BCUT2D eigenvalue weighted by atomic mass is 10.1. The number of fused-ring (bicyclic) bond motifs is 1. The lowest BCUT2D eigenvalue weighted by Crippen LogP contribution is -2.48. The van der Waals surface area contributed by atoms with Gasteiger partial charge in [-0.3, -0.25) is 19.9 Å². The topological polar surface area (TPSA) is 118 Å². The van der Waals surface area contributed by atoms with E-state index in [1.807, 2.05) is 24.9 Å². The monoisotopic (exact) mass is 456 g/mol. The molecule has 4 rings (SSSR count). The summed E-state index contributed by atoms with van der Waals surface area (Å²) in [4.78, 5) is 39.8. The molecule has 0 unspecified atom stereocenters. The quantitative estimate of drug-likeness (QED) is 0.484. The molecule has 1 fully saturated rings. The summed E-state index contributed by atoms with van der Waals surface area (Å²) in [7, 11) is 1.38. The molecule has 32 heavy (non-hydrogen) atoms. The van der Waals surface area contributed by atoms with Crippen LogP contribution in [0.3, 0.4) is 0 Å². The van der Waals surface area contributed by atoms with Crippen molar-refractivity contribution in [3.05, 3.63) is 46.1 Å². The second-order valence-electron chi connectivity index (χ2n) is 7.29. The Morgan fingerprint density at radius 1 is 1.16 bits per heavy atom. The number of hydrazine groups is 1. The van der Waals surface area contributed by atoms with Gasteiger partial charge in [-0.2, -0.15) is 0 Å². The zero-order valence-electron chi connectivity index (χ0n) is 18.0. The number of nitrogens with zero attached hydrogens (tertiary/aromatic N) is 3. The minimum Gasteiger partial charge on any atom is -0.379 e. The fourth-order valence-corrected chi connectivity index (χ4v) is 4.47. The molecule has 0 atom stereocenters. The van der Waals surface area contributed by atoms with Gasteiger partial charge in [0.15, 0.2) is 0 Å². The van der Waals surface area contributed by atoms with Crippen molar-refractivity contribution in [3.63, 3.8) is 0 Å². The Morgan fingerprint density at radius 3 is 2.69 bits per heavy atom. The molecule has 1 aromatic carbocycles. The molecule has 11 heteroatoms. The number of thiophene rings is 1. The molecule has 0 saturated carbocycles. The van der Waals surface area contributed by atoms with E-state index in [2.05, 4.69) is 26.2 Å². The van der Waals surface area contributed by atoms with Gasteiger partial charge in [0.2, 0.25) is 0 Å². The molecule has 1 saturated heterocycles. The Labute approximate surface area is 188 Å². The third-order valence-corrected chi connectivity index (χ3v) is 6.35. The van der Waals surface area contributed by atoms with Crippen LogP contribution in [-0.4, -0.2) is 60.2 Å². The summed E-state index contributed by atoms with van der Waals surface area (Å²) in [6, 6.07) is 5.28. The van der Waals surface area contributed by atoms with Crippen molar-refractivity contribution in [2.45, 2.75) is 13.8 Å². The summed E-state index contributed by atoms with van der Waals surface area (Å²) in [5.74, 6) is 0.0477. The number of carbonyl (C=O) groups is 2. The van der Waals surface area contributed by atoms with Crippen LogP contribution in [0.25, 0.3) is 10.2 Å². The third-order valence-electron chi connectivity index (χ3n) is 5.15. The van der Waals surface area contributed by atoms with Crippen molar-refractivity contribution in [1.82, 2.24) is 25.9 Å². The Hall–Kier alpha value is -3.12. The molecule has 0 aliphatic carbocycles. The summed E-state index contributed by atoms with van der Waals surface area (Å²) in [5, 5.41) is 5.94. The number of amides is 2. The zero-order valence-corrected chi connectivity index (χ0v) is 18.8. The van der Waals surface area contributed by atoms with Crippen molar-refractivity contribution < 1.29 is 19.2 Å². The number of aryl methyl sites for hydroxylation is 2. The molecule has 2 amide bonds. The Balaban J connectivity index is 1.64. The number of rotatable bonds is 6. The van der Waals surface area contributed by atoms with Gasteiger partial charge in [0.1, 0.15) is 17.0 Å². The molecule has 3 N–H and O–H groups in total. The van der Waals surface area contributed by atoms with E-state index in [1.54, 1.807) is 12.1 Å². The highest BCUT2D eigenvalue weighted by Crippen LogP contribution is 2.35. The van der Waals surface area contributed by atoms with E-state index in [4.69, 9.17) is 9.57 Å². The van der Waals surface area contributed by atoms with Gasteiger partial charge in [-0.25, -0.2) is 20.5 Å². The van der Waals surface area contributed by atoms with E-state index in [9.17, 15) is 9.59 Å². The number of hydrogen-bond acceptors (Lipinski definition) is 9. The van der Waals surface area contributed by atoms with Gasteiger partial charge < -0.3 is 10.1 Å². The number of benzene rings is 1. The Kier molecular flexibility index (Phi) is 6.61. The number of morpholine rings is 1. The molecule has 1 aliphatic rings. The van der Waals surface area contributed by atoms with E-state index >= 15 is 0 Å². The molecule has 168 valence electrons. The maximum Gasteiger partial charge on any atom is 0.276 e. The Morgan fingerprint density at radius 2 is 1.94 bits per heavy atom. The Bertz CT molecular complexity index is 1160. The molecule has 0 radical (unpaired) electrons. The highest BCUT2D eigenvalue weighted by Gasteiger charge is 2.22. The lowest BCUT2D eigenvalue weighted by Gasteiger charge is -2.26. The lowest BCUT2D eigenvalue weighted by molar-refractivity contribution is 0.0127. The molecule has 1 aliphatic heterocycles. The minimum absolute atomic E-state index is 0.173. The van der Waals surface area contributed by atoms with Gasteiger partial charge in [0.05, 0.1) is 30.6 Å². The van der Waals surface area contributed by atoms with E-state index in [0.29, 0.717) is 47.4 Å². The molecular weight excluding hydrogens is 432 g/mol. The van der Waals surface area contributed by atoms with Crippen LogP contribution in [0, 0.1) is 13.8 Å². The van der Waals surface area contributed by atoms with Gasteiger partial charge in [0, 0.05) is 24.3 Å². The number of anilines is 2. The standard InChI is InChI=1S/C21H24N6O4S/c1-12-4-5-14(19(28)26-30-3)10-15(12)24-18-16-13(2)17(32-21(16)23-11-22-18)20(29)25-27-6-8-31-9-7-27/h4-5,10-11H,6-9H2,1-3H3,(H,25,29)(H,26,28)(H,22,23,24). The highest BCUT2D eigenvalue weighted by atomic mass is 32.1. The SMILES string of the molecule is CONC(=O)c1ccc(C)c(Nc2ncnc3sc(C(=O)NN4CCOCC4)c(C)c23)c1. The summed E-state index contributed by atoms with van der Waals surface area (Å²) in [6.45, 7) is 6.29. The molecular formula is C21H24N6O4S. The number of aromatic nitrogens is 2. The number of nitrogens with one attached hydrogen (secondary N) is 3. The second kappa shape index (κ2) is 9.57. The van der Waals surface area contributed by atoms with E-state index in [-0.39, 0.29) is 11.8 Å². The van der Waals surface area contributed by atoms with Gasteiger partial charge in [0.25, 0.3) is 11.8 Å². The predicted octanol–water partition coefficient (Wildman–Crippen LogP) is 2.32. The van der Waals surface area contributed by atoms with Crippen LogP contribution < -0.4 is 16.2 Å². The first-order valence-corrected chi connectivity index (χ1v) is 10.9. The average molecular weight is 457 g/mol. The molecule has 0 spiro atoms. The first kappa shape index (κ1) is 22.1. The minimum atomic E-state index is -0.350. The molecule has 0 bridgehead atoms. The average Bonchev–Trinajstić information content (AvgIpc) is 3.13. The fraction of sp³-hybridized carbons (Fsp3) is 0.333. The van der Waals surface area contributed by atoms with Crippen molar-refractivity contribution in [3.8, 4) is 0 Å². The first-order chi connectivity index (χ1) is 15.5. The van der Waals surface area contributed by atoms with Gasteiger partial charge in [-0.1, -0.05) is 6.07 Å². The van der Waals surface area contributed by atoms with Crippen LogP contribution in [0.1, 0.15) is 31.2 Å². The summed E-state index contributed by atoms with van der Waals surface area (Å²) in [5.41, 5.74) is 8.15. The summed E-state index contributed by atoms with van der Waals surface area (Å²) >= 11 is 1.32. The molecule has 2 aromatic heterocycles. The summed E-state index contributed by atoms with van der Waals surface area (Å²) < 4.78 is 5.33. The largest absolute Gasteiger partial charge is 0.379 e. The first-order valence-electron chi connectivity index (χ1n) is 10.1. The van der Waals surface area contributed by atoms with Crippen molar-refractivity contribution in [2.24, 2.45) is 0 Å². The molecule has 3 aromatic rings. The van der Waals surface area contributed by atoms with Gasteiger partial charge >= 0.3 is 0 Å². The normalized spacial score (nSPS) is 14.3. The fourth-order valence-electron chi connectivity index (χ4n) is 3.43. The predicted molar refractivity (Wildman–Crippen MR) is 121 cm³/mol. The van der Waals surface area contributed by atoms with Crippen LogP contribution in [0.15, 0.2) is 24.5 Å². The van der Waals surface area contributed by atoms with Gasteiger partial charge in [-0.05, 0) is 37.1 Å². The van der Waals surface area contributed by atoms with E-state index in [1.165, 1.54) is 24.8 Å². The zero-order chi connectivity index (χ0) is 22.7. The smallest absolute Gasteiger partial charge is 0.276 e. The molecule has 3 heterocycles. The van der Waals surface area contributed by atoms with Crippen molar-refractivity contribution >= 4 is 44.9 Å². The number of hydroxylamine groups is 1. The van der Waals surface area contributed by atoms with Crippen LogP contribution in [0.4, 0.5) is 11.5 Å². The van der Waals surface area contributed by atoms with Crippen LogP contribution in [-0.2, 0) is 9.57 Å². The van der Waals surface area contributed by atoms with Crippen LogP contribution in [0.5, 0.6) is 0 Å². The second-order valence-corrected chi connectivity index (χ2v) is 8.29. The van der Waals surface area contributed by atoms with Crippen LogP contribution in [0.2, 0.25) is 0 Å². The van der Waals surface area contributed by atoms with E-state index in [0.717, 1.165) is 22.2 Å². The maximum atomic E-state index is 12.9. The number of carbonyl (C=O) groups excluding carboxylic acids is 2. The van der Waals surface area contributed by atoms with E-state index < -0.39 is 0 Å². The maximum absolute atomic E-state index is 12.9.